The molecule has 118 valence electrons. The molecule has 1 aliphatic heterocycles. The van der Waals surface area contributed by atoms with E-state index >= 15 is 0 Å². The Bertz CT molecular complexity index is 471. The van der Waals surface area contributed by atoms with Crippen molar-refractivity contribution in [1.82, 2.24) is 10.2 Å². The first-order chi connectivity index (χ1) is 9.84. The van der Waals surface area contributed by atoms with Crippen molar-refractivity contribution in [1.29, 1.82) is 0 Å². The van der Waals surface area contributed by atoms with E-state index in [1.807, 2.05) is 0 Å². The summed E-state index contributed by atoms with van der Waals surface area (Å²) in [5.74, 6) is 0. The van der Waals surface area contributed by atoms with Gasteiger partial charge in [-0.2, -0.15) is 0 Å². The van der Waals surface area contributed by atoms with E-state index in [1.165, 1.54) is 35.1 Å². The Balaban J connectivity index is 2.24. The third kappa shape index (κ3) is 3.87. The van der Waals surface area contributed by atoms with Crippen LogP contribution in [0.15, 0.2) is 12.1 Å². The zero-order chi connectivity index (χ0) is 15.6. The molecule has 2 nitrogen and oxygen atoms in total. The molecule has 0 aliphatic carbocycles. The minimum atomic E-state index is 0.247. The quantitative estimate of drug-likeness (QED) is 0.905. The lowest BCUT2D eigenvalue weighted by Gasteiger charge is -2.35. The SMILES string of the molecule is CCC1(C)CN(Cc2c(C)cc(C)cc2C)C(C)CCN1. The zero-order valence-corrected chi connectivity index (χ0v) is 14.7. The molecule has 1 N–H and O–H groups in total. The van der Waals surface area contributed by atoms with E-state index in [0.717, 1.165) is 19.6 Å². The third-order valence-electron chi connectivity index (χ3n) is 5.27. The van der Waals surface area contributed by atoms with Crippen molar-refractivity contribution in [2.75, 3.05) is 13.1 Å². The average Bonchev–Trinajstić information content (AvgIpc) is 2.54. The van der Waals surface area contributed by atoms with Crippen LogP contribution in [0.25, 0.3) is 0 Å². The molecule has 2 rings (SSSR count). The number of nitrogens with one attached hydrogen (secondary N) is 1. The average molecular weight is 288 g/mol. The largest absolute Gasteiger partial charge is 0.310 e. The molecule has 1 aromatic rings. The number of hydrogen-bond donors (Lipinski definition) is 1. The summed E-state index contributed by atoms with van der Waals surface area (Å²) in [5.41, 5.74) is 6.02. The lowest BCUT2D eigenvalue weighted by molar-refractivity contribution is 0.163. The van der Waals surface area contributed by atoms with E-state index in [9.17, 15) is 0 Å². The highest BCUT2D eigenvalue weighted by atomic mass is 15.2. The summed E-state index contributed by atoms with van der Waals surface area (Å²) in [6.07, 6.45) is 2.42. The molecule has 1 aromatic carbocycles. The second kappa shape index (κ2) is 6.50. The third-order valence-corrected chi connectivity index (χ3v) is 5.27. The van der Waals surface area contributed by atoms with Gasteiger partial charge in [-0.3, -0.25) is 4.90 Å². The van der Waals surface area contributed by atoms with Crippen LogP contribution in [0.4, 0.5) is 0 Å². The summed E-state index contributed by atoms with van der Waals surface area (Å²) in [6.45, 7) is 17.1. The van der Waals surface area contributed by atoms with Gasteiger partial charge in [0.15, 0.2) is 0 Å². The van der Waals surface area contributed by atoms with Crippen molar-refractivity contribution in [3.05, 3.63) is 34.4 Å². The molecule has 21 heavy (non-hydrogen) atoms. The number of nitrogens with zero attached hydrogens (tertiary/aromatic N) is 1. The Hall–Kier alpha value is -0.860. The highest BCUT2D eigenvalue weighted by Crippen LogP contribution is 2.24. The summed E-state index contributed by atoms with van der Waals surface area (Å²) in [6, 6.07) is 5.29. The van der Waals surface area contributed by atoms with Crippen LogP contribution in [0.5, 0.6) is 0 Å². The fraction of sp³-hybridized carbons (Fsp3) is 0.684. The van der Waals surface area contributed by atoms with Crippen molar-refractivity contribution >= 4 is 0 Å². The zero-order valence-electron chi connectivity index (χ0n) is 14.7. The van der Waals surface area contributed by atoms with Gasteiger partial charge in [0.2, 0.25) is 0 Å². The molecule has 1 heterocycles. The minimum absolute atomic E-state index is 0.247. The van der Waals surface area contributed by atoms with Crippen LogP contribution in [0.1, 0.15) is 55.9 Å². The van der Waals surface area contributed by atoms with E-state index in [2.05, 4.69) is 63.9 Å². The van der Waals surface area contributed by atoms with Gasteiger partial charge in [-0.1, -0.05) is 24.6 Å². The molecule has 1 aliphatic rings. The molecule has 2 atom stereocenters. The van der Waals surface area contributed by atoms with E-state index < -0.39 is 0 Å². The van der Waals surface area contributed by atoms with Crippen LogP contribution in [-0.4, -0.2) is 29.6 Å². The molecule has 0 spiro atoms. The number of aryl methyl sites for hydroxylation is 3. The molecule has 1 fully saturated rings. The van der Waals surface area contributed by atoms with Crippen LogP contribution in [0, 0.1) is 20.8 Å². The fourth-order valence-electron chi connectivity index (χ4n) is 3.54. The van der Waals surface area contributed by atoms with Gasteiger partial charge in [-0.05, 0) is 70.7 Å². The predicted molar refractivity (Wildman–Crippen MR) is 91.8 cm³/mol. The van der Waals surface area contributed by atoms with E-state index in [4.69, 9.17) is 0 Å². The smallest absolute Gasteiger partial charge is 0.0278 e. The van der Waals surface area contributed by atoms with E-state index in [-0.39, 0.29) is 5.54 Å². The Kier molecular flexibility index (Phi) is 5.11. The van der Waals surface area contributed by atoms with Crippen LogP contribution in [0.2, 0.25) is 0 Å². The maximum Gasteiger partial charge on any atom is 0.0278 e. The van der Waals surface area contributed by atoms with Crippen molar-refractivity contribution < 1.29 is 0 Å². The van der Waals surface area contributed by atoms with Crippen LogP contribution in [-0.2, 0) is 6.54 Å². The first-order valence-electron chi connectivity index (χ1n) is 8.40. The highest BCUT2D eigenvalue weighted by Gasteiger charge is 2.30. The topological polar surface area (TPSA) is 15.3 Å². The number of benzene rings is 1. The highest BCUT2D eigenvalue weighted by molar-refractivity contribution is 5.37. The van der Waals surface area contributed by atoms with Crippen molar-refractivity contribution in [2.24, 2.45) is 0 Å². The lowest BCUT2D eigenvalue weighted by atomic mass is 9.96. The summed E-state index contributed by atoms with van der Waals surface area (Å²) >= 11 is 0. The van der Waals surface area contributed by atoms with Gasteiger partial charge in [0.1, 0.15) is 0 Å². The van der Waals surface area contributed by atoms with E-state index in [0.29, 0.717) is 6.04 Å². The Morgan fingerprint density at radius 3 is 2.43 bits per heavy atom. The molecule has 0 saturated carbocycles. The first kappa shape index (κ1) is 16.5. The molecular weight excluding hydrogens is 256 g/mol. The van der Waals surface area contributed by atoms with Gasteiger partial charge in [0.05, 0.1) is 0 Å². The van der Waals surface area contributed by atoms with Gasteiger partial charge in [0, 0.05) is 24.7 Å². The lowest BCUT2D eigenvalue weighted by Crippen LogP contribution is -2.49. The first-order valence-corrected chi connectivity index (χ1v) is 8.40. The standard InChI is InChI=1S/C19H32N2/c1-7-19(6)13-21(17(5)8-9-20-19)12-18-15(3)10-14(2)11-16(18)4/h10-11,17,20H,7-9,12-13H2,1-6H3. The maximum absolute atomic E-state index is 3.75. The minimum Gasteiger partial charge on any atom is -0.310 e. The molecular formula is C19H32N2. The monoisotopic (exact) mass is 288 g/mol. The molecule has 0 aromatic heterocycles. The normalized spacial score (nSPS) is 27.6. The van der Waals surface area contributed by atoms with Crippen LogP contribution in [0.3, 0.4) is 0 Å². The second-order valence-corrected chi connectivity index (χ2v) is 7.26. The van der Waals surface area contributed by atoms with E-state index in [1.54, 1.807) is 0 Å². The van der Waals surface area contributed by atoms with Crippen LogP contribution >= 0.6 is 0 Å². The number of hydrogen-bond acceptors (Lipinski definition) is 2. The summed E-state index contributed by atoms with van der Waals surface area (Å²) in [7, 11) is 0. The van der Waals surface area contributed by atoms with Crippen molar-refractivity contribution in [2.45, 2.75) is 72.5 Å². The molecule has 2 unspecified atom stereocenters. The van der Waals surface area contributed by atoms with Gasteiger partial charge in [0.25, 0.3) is 0 Å². The predicted octanol–water partition coefficient (Wildman–Crippen LogP) is 3.96. The summed E-state index contributed by atoms with van der Waals surface area (Å²) in [4.78, 5) is 2.67. The maximum atomic E-state index is 3.75. The number of rotatable bonds is 3. The Labute approximate surface area is 130 Å². The molecule has 0 amide bonds. The van der Waals surface area contributed by atoms with Gasteiger partial charge in [-0.15, -0.1) is 0 Å². The second-order valence-electron chi connectivity index (χ2n) is 7.26. The molecule has 1 saturated heterocycles. The van der Waals surface area contributed by atoms with Crippen LogP contribution < -0.4 is 5.32 Å². The molecule has 0 bridgehead atoms. The molecule has 0 radical (unpaired) electrons. The van der Waals surface area contributed by atoms with Crippen molar-refractivity contribution in [3.63, 3.8) is 0 Å². The van der Waals surface area contributed by atoms with Gasteiger partial charge < -0.3 is 5.32 Å². The fourth-order valence-corrected chi connectivity index (χ4v) is 3.54. The molecule has 2 heteroatoms. The summed E-state index contributed by atoms with van der Waals surface area (Å²) in [5, 5.41) is 3.75. The Morgan fingerprint density at radius 2 is 1.86 bits per heavy atom. The summed E-state index contributed by atoms with van der Waals surface area (Å²) < 4.78 is 0. The van der Waals surface area contributed by atoms with Crippen molar-refractivity contribution in [3.8, 4) is 0 Å². The van der Waals surface area contributed by atoms with Gasteiger partial charge >= 0.3 is 0 Å². The van der Waals surface area contributed by atoms with Gasteiger partial charge in [-0.25, -0.2) is 0 Å². The Morgan fingerprint density at radius 1 is 1.24 bits per heavy atom.